The summed E-state index contributed by atoms with van der Waals surface area (Å²) >= 11 is 0. The SMILES string of the molecule is CC1CC=CC2=C1C(C)(C)c1cc(-c3ccc(-c4c5ccccc5c(-c5cccc6ccccc56)c5ccccc45)cc3)ccc12. The van der Waals surface area contributed by atoms with Crippen LogP contribution in [0.5, 0.6) is 0 Å². The molecule has 1 unspecified atom stereocenters. The highest BCUT2D eigenvalue weighted by Crippen LogP contribution is 2.53. The van der Waals surface area contributed by atoms with E-state index in [1.54, 1.807) is 5.57 Å². The second-order valence-corrected chi connectivity index (χ2v) is 13.7. The largest absolute Gasteiger partial charge is 0.0833 e. The maximum absolute atomic E-state index is 2.45. The Kier molecular flexibility index (Phi) is 5.99. The Morgan fingerprint density at radius 2 is 1.09 bits per heavy atom. The number of hydrogen-bond acceptors (Lipinski definition) is 0. The van der Waals surface area contributed by atoms with E-state index in [-0.39, 0.29) is 5.41 Å². The zero-order valence-electron chi connectivity index (χ0n) is 26.6. The van der Waals surface area contributed by atoms with Crippen molar-refractivity contribution in [1.82, 2.24) is 0 Å². The third kappa shape index (κ3) is 3.93. The Labute approximate surface area is 271 Å². The quantitative estimate of drug-likeness (QED) is 0.180. The Bertz CT molecular complexity index is 2350. The van der Waals surface area contributed by atoms with Crippen molar-refractivity contribution in [2.75, 3.05) is 0 Å². The number of rotatable bonds is 3. The summed E-state index contributed by atoms with van der Waals surface area (Å²) < 4.78 is 0. The molecule has 0 saturated carbocycles. The molecule has 0 saturated heterocycles. The van der Waals surface area contributed by atoms with Gasteiger partial charge in [-0.3, -0.25) is 0 Å². The predicted molar refractivity (Wildman–Crippen MR) is 198 cm³/mol. The Morgan fingerprint density at radius 1 is 0.522 bits per heavy atom. The molecule has 9 rings (SSSR count). The van der Waals surface area contributed by atoms with Gasteiger partial charge < -0.3 is 0 Å². The van der Waals surface area contributed by atoms with Crippen LogP contribution in [-0.4, -0.2) is 0 Å². The maximum Gasteiger partial charge on any atom is 0.0123 e. The minimum Gasteiger partial charge on any atom is -0.0833 e. The van der Waals surface area contributed by atoms with Crippen LogP contribution in [0.25, 0.3) is 71.3 Å². The van der Waals surface area contributed by atoms with Gasteiger partial charge in [-0.15, -0.1) is 0 Å². The molecule has 0 bridgehead atoms. The average molecular weight is 589 g/mol. The fraction of sp³-hybridized carbons (Fsp3) is 0.130. The Hall–Kier alpha value is -5.20. The first-order valence-electron chi connectivity index (χ1n) is 16.6. The second-order valence-electron chi connectivity index (χ2n) is 13.7. The monoisotopic (exact) mass is 588 g/mol. The maximum atomic E-state index is 2.45. The molecule has 7 aromatic rings. The summed E-state index contributed by atoms with van der Waals surface area (Å²) in [6, 6.07) is 49.7. The van der Waals surface area contributed by atoms with E-state index >= 15 is 0 Å². The van der Waals surface area contributed by atoms with Gasteiger partial charge in [-0.1, -0.05) is 160 Å². The normalized spacial score (nSPS) is 16.7. The lowest BCUT2D eigenvalue weighted by Crippen LogP contribution is -2.22. The molecule has 2 aliphatic rings. The lowest BCUT2D eigenvalue weighted by atomic mass is 9.74. The van der Waals surface area contributed by atoms with Crippen molar-refractivity contribution >= 4 is 37.9 Å². The van der Waals surface area contributed by atoms with Gasteiger partial charge in [0, 0.05) is 5.41 Å². The molecule has 0 amide bonds. The smallest absolute Gasteiger partial charge is 0.0123 e. The third-order valence-electron chi connectivity index (χ3n) is 10.7. The number of benzene rings is 7. The van der Waals surface area contributed by atoms with Crippen LogP contribution >= 0.6 is 0 Å². The molecule has 1 atom stereocenters. The summed E-state index contributed by atoms with van der Waals surface area (Å²) in [6.45, 7) is 7.21. The molecule has 0 spiro atoms. The van der Waals surface area contributed by atoms with Gasteiger partial charge in [0.1, 0.15) is 0 Å². The van der Waals surface area contributed by atoms with Crippen molar-refractivity contribution in [1.29, 1.82) is 0 Å². The highest BCUT2D eigenvalue weighted by Gasteiger charge is 2.40. The van der Waals surface area contributed by atoms with Crippen LogP contribution in [0.4, 0.5) is 0 Å². The highest BCUT2D eigenvalue weighted by molar-refractivity contribution is 6.23. The lowest BCUT2D eigenvalue weighted by molar-refractivity contribution is 0.530. The molecule has 0 nitrogen and oxygen atoms in total. The molecular formula is C46H36. The van der Waals surface area contributed by atoms with E-state index in [2.05, 4.69) is 166 Å². The van der Waals surface area contributed by atoms with E-state index < -0.39 is 0 Å². The summed E-state index contributed by atoms with van der Waals surface area (Å²) in [5.41, 5.74) is 13.7. The van der Waals surface area contributed by atoms with E-state index in [9.17, 15) is 0 Å². The van der Waals surface area contributed by atoms with Gasteiger partial charge in [0.25, 0.3) is 0 Å². The van der Waals surface area contributed by atoms with Gasteiger partial charge >= 0.3 is 0 Å². The first-order chi connectivity index (χ1) is 22.5. The summed E-state index contributed by atoms with van der Waals surface area (Å²) in [5.74, 6) is 0.585. The fourth-order valence-corrected chi connectivity index (χ4v) is 8.67. The van der Waals surface area contributed by atoms with Gasteiger partial charge in [0.05, 0.1) is 0 Å². The van der Waals surface area contributed by atoms with Crippen LogP contribution in [0, 0.1) is 5.92 Å². The van der Waals surface area contributed by atoms with Crippen LogP contribution in [0.15, 0.2) is 151 Å². The molecule has 0 aliphatic heterocycles. The molecule has 220 valence electrons. The van der Waals surface area contributed by atoms with Crippen molar-refractivity contribution in [2.45, 2.75) is 32.6 Å². The van der Waals surface area contributed by atoms with Gasteiger partial charge in [-0.25, -0.2) is 0 Å². The zero-order valence-corrected chi connectivity index (χ0v) is 26.6. The molecule has 0 radical (unpaired) electrons. The standard InChI is InChI=1S/C46H36/c1-29-12-10-21-41-35-27-26-33(28-42(35)46(2,3)45(29)41)30-22-24-32(25-23-30)43-37-16-6-8-18-39(37)44(40-19-9-7-17-38(40)43)36-20-11-14-31-13-4-5-15-34(31)36/h4-11,13-29H,12H2,1-3H3. The van der Waals surface area contributed by atoms with Gasteiger partial charge in [-0.05, 0) is 106 Å². The molecule has 2 aliphatic carbocycles. The summed E-state index contributed by atoms with van der Waals surface area (Å²) in [5, 5.41) is 7.71. The van der Waals surface area contributed by atoms with Gasteiger partial charge in [0.15, 0.2) is 0 Å². The molecule has 46 heavy (non-hydrogen) atoms. The van der Waals surface area contributed by atoms with Gasteiger partial charge in [-0.2, -0.15) is 0 Å². The third-order valence-corrected chi connectivity index (χ3v) is 10.7. The van der Waals surface area contributed by atoms with Crippen LogP contribution < -0.4 is 0 Å². The number of allylic oxidation sites excluding steroid dienone is 4. The first-order valence-corrected chi connectivity index (χ1v) is 16.6. The summed E-state index contributed by atoms with van der Waals surface area (Å²) in [4.78, 5) is 0. The topological polar surface area (TPSA) is 0 Å². The van der Waals surface area contributed by atoms with Crippen LogP contribution in [0.2, 0.25) is 0 Å². The van der Waals surface area contributed by atoms with E-state index in [1.165, 1.54) is 82.4 Å². The van der Waals surface area contributed by atoms with Crippen molar-refractivity contribution in [3.05, 3.63) is 162 Å². The molecule has 0 heterocycles. The zero-order chi connectivity index (χ0) is 31.0. The predicted octanol–water partition coefficient (Wildman–Crippen LogP) is 12.8. The molecule has 0 heteroatoms. The molecule has 0 N–H and O–H groups in total. The lowest BCUT2D eigenvalue weighted by Gasteiger charge is -2.30. The average Bonchev–Trinajstić information content (AvgIpc) is 3.33. The van der Waals surface area contributed by atoms with Crippen LogP contribution in [-0.2, 0) is 5.41 Å². The van der Waals surface area contributed by atoms with E-state index in [0.717, 1.165) is 6.42 Å². The molecule has 0 fully saturated rings. The van der Waals surface area contributed by atoms with Gasteiger partial charge in [0.2, 0.25) is 0 Å². The summed E-state index contributed by atoms with van der Waals surface area (Å²) in [7, 11) is 0. The number of hydrogen-bond donors (Lipinski definition) is 0. The molecular weight excluding hydrogens is 553 g/mol. The molecule has 7 aromatic carbocycles. The minimum absolute atomic E-state index is 0.0500. The minimum atomic E-state index is 0.0500. The highest BCUT2D eigenvalue weighted by atomic mass is 14.4. The first kappa shape index (κ1) is 27.1. The van der Waals surface area contributed by atoms with Crippen LogP contribution in [0.1, 0.15) is 38.3 Å². The van der Waals surface area contributed by atoms with Crippen molar-refractivity contribution < 1.29 is 0 Å². The Morgan fingerprint density at radius 3 is 1.78 bits per heavy atom. The van der Waals surface area contributed by atoms with Crippen LogP contribution in [0.3, 0.4) is 0 Å². The van der Waals surface area contributed by atoms with E-state index in [0.29, 0.717) is 5.92 Å². The van der Waals surface area contributed by atoms with E-state index in [1.807, 2.05) is 0 Å². The van der Waals surface area contributed by atoms with Crippen molar-refractivity contribution in [3.63, 3.8) is 0 Å². The van der Waals surface area contributed by atoms with Crippen molar-refractivity contribution in [3.8, 4) is 33.4 Å². The number of fused-ring (bicyclic) bond motifs is 5. The fourth-order valence-electron chi connectivity index (χ4n) is 8.67. The molecule has 0 aromatic heterocycles. The second kappa shape index (κ2) is 10.2. The summed E-state index contributed by atoms with van der Waals surface area (Å²) in [6.07, 6.45) is 5.84. The Balaban J connectivity index is 1.19. The van der Waals surface area contributed by atoms with Crippen molar-refractivity contribution in [2.24, 2.45) is 5.92 Å². The van der Waals surface area contributed by atoms with E-state index in [4.69, 9.17) is 0 Å².